The molecule has 7 nitrogen and oxygen atoms in total. The molecule has 1 spiro atoms. The summed E-state index contributed by atoms with van der Waals surface area (Å²) in [7, 11) is -3.14. The van der Waals surface area contributed by atoms with Crippen molar-refractivity contribution in [2.45, 2.75) is 25.2 Å². The second-order valence-corrected chi connectivity index (χ2v) is 8.88. The van der Waals surface area contributed by atoms with Gasteiger partial charge in [0.05, 0.1) is 6.26 Å². The van der Waals surface area contributed by atoms with Crippen LogP contribution in [-0.4, -0.2) is 61.1 Å². The Kier molecular flexibility index (Phi) is 2.93. The average molecular weight is 325 g/mol. The molecule has 2 aliphatic heterocycles. The monoisotopic (exact) mass is 325 g/mol. The maximum atomic E-state index is 12.4. The molecule has 1 amide bonds. The quantitative estimate of drug-likeness (QED) is 0.815. The molecular formula is C14H19N3O4S. The Morgan fingerprint density at radius 1 is 1.36 bits per heavy atom. The normalized spacial score (nSPS) is 24.7. The highest BCUT2D eigenvalue weighted by Crippen LogP contribution is 2.42. The Morgan fingerprint density at radius 3 is 2.68 bits per heavy atom. The van der Waals surface area contributed by atoms with Crippen molar-refractivity contribution < 1.29 is 17.7 Å². The number of carbonyl (C=O) groups excluding carboxylic acids is 1. The molecule has 22 heavy (non-hydrogen) atoms. The van der Waals surface area contributed by atoms with Gasteiger partial charge in [0.15, 0.2) is 5.69 Å². The molecule has 4 rings (SSSR count). The van der Waals surface area contributed by atoms with Crippen molar-refractivity contribution in [1.29, 1.82) is 0 Å². The van der Waals surface area contributed by atoms with Crippen molar-refractivity contribution >= 4 is 15.9 Å². The molecule has 1 aromatic rings. The number of hydrogen-bond donors (Lipinski definition) is 0. The van der Waals surface area contributed by atoms with Crippen molar-refractivity contribution in [3.8, 4) is 0 Å². The van der Waals surface area contributed by atoms with Gasteiger partial charge in [0.25, 0.3) is 5.91 Å². The van der Waals surface area contributed by atoms with Crippen molar-refractivity contribution in [3.05, 3.63) is 17.5 Å². The number of rotatable bonds is 3. The smallest absolute Gasteiger partial charge is 0.276 e. The highest BCUT2D eigenvalue weighted by molar-refractivity contribution is 7.88. The summed E-state index contributed by atoms with van der Waals surface area (Å²) in [5.74, 6) is 1.14. The van der Waals surface area contributed by atoms with Crippen LogP contribution < -0.4 is 0 Å². The average Bonchev–Trinajstić information content (AvgIpc) is 2.99. The van der Waals surface area contributed by atoms with Gasteiger partial charge in [-0.15, -0.1) is 0 Å². The molecule has 0 atom stereocenters. The standard InChI is InChI=1S/C14H19N3O4S/c1-22(19,20)17-5-4-14(9-17)7-16(8-14)13(18)11-6-12(21-15-11)10-2-3-10/h6,10H,2-5,7-9H2,1H3. The van der Waals surface area contributed by atoms with Gasteiger partial charge in [-0.05, 0) is 19.3 Å². The fourth-order valence-electron chi connectivity index (χ4n) is 3.45. The van der Waals surface area contributed by atoms with Crippen molar-refractivity contribution in [2.75, 3.05) is 32.4 Å². The van der Waals surface area contributed by atoms with Gasteiger partial charge in [0, 0.05) is 43.6 Å². The van der Waals surface area contributed by atoms with E-state index < -0.39 is 10.0 Å². The third kappa shape index (κ3) is 2.34. The van der Waals surface area contributed by atoms with Crippen LogP contribution in [0.1, 0.15) is 41.4 Å². The Labute approximate surface area is 129 Å². The zero-order valence-corrected chi connectivity index (χ0v) is 13.3. The summed E-state index contributed by atoms with van der Waals surface area (Å²) in [4.78, 5) is 14.1. The number of hydrogen-bond acceptors (Lipinski definition) is 5. The van der Waals surface area contributed by atoms with Gasteiger partial charge in [-0.3, -0.25) is 4.79 Å². The van der Waals surface area contributed by atoms with Crippen LogP contribution in [0.2, 0.25) is 0 Å². The Bertz CT molecular complexity index is 716. The van der Waals surface area contributed by atoms with Crippen LogP contribution in [0.3, 0.4) is 0 Å². The van der Waals surface area contributed by atoms with Crippen LogP contribution in [0, 0.1) is 5.41 Å². The van der Waals surface area contributed by atoms with E-state index in [9.17, 15) is 13.2 Å². The lowest BCUT2D eigenvalue weighted by atomic mass is 9.79. The topological polar surface area (TPSA) is 83.7 Å². The van der Waals surface area contributed by atoms with Gasteiger partial charge in [0.1, 0.15) is 5.76 Å². The first-order valence-electron chi connectivity index (χ1n) is 7.57. The molecule has 3 fully saturated rings. The van der Waals surface area contributed by atoms with Gasteiger partial charge in [-0.25, -0.2) is 12.7 Å². The van der Waals surface area contributed by atoms with E-state index in [2.05, 4.69) is 5.16 Å². The summed E-state index contributed by atoms with van der Waals surface area (Å²) in [6, 6.07) is 1.75. The Balaban J connectivity index is 1.39. The summed E-state index contributed by atoms with van der Waals surface area (Å²) in [6.45, 7) is 2.27. The summed E-state index contributed by atoms with van der Waals surface area (Å²) < 4.78 is 29.9. The largest absolute Gasteiger partial charge is 0.360 e. The lowest BCUT2D eigenvalue weighted by Gasteiger charge is -2.47. The van der Waals surface area contributed by atoms with E-state index >= 15 is 0 Å². The number of aromatic nitrogens is 1. The van der Waals surface area contributed by atoms with E-state index in [-0.39, 0.29) is 11.3 Å². The zero-order valence-electron chi connectivity index (χ0n) is 12.5. The lowest BCUT2D eigenvalue weighted by Crippen LogP contribution is -2.59. The third-order valence-electron chi connectivity index (χ3n) is 4.94. The molecule has 0 bridgehead atoms. The second kappa shape index (κ2) is 4.55. The summed E-state index contributed by atoms with van der Waals surface area (Å²) in [5.41, 5.74) is 0.302. The number of amides is 1. The Morgan fingerprint density at radius 2 is 2.09 bits per heavy atom. The molecule has 1 aromatic heterocycles. The zero-order chi connectivity index (χ0) is 15.5. The van der Waals surface area contributed by atoms with Gasteiger partial charge >= 0.3 is 0 Å². The molecule has 0 N–H and O–H groups in total. The summed E-state index contributed by atoms with van der Waals surface area (Å²) in [6.07, 6.45) is 4.27. The molecule has 0 radical (unpaired) electrons. The third-order valence-corrected chi connectivity index (χ3v) is 6.19. The van der Waals surface area contributed by atoms with E-state index in [1.165, 1.54) is 10.6 Å². The first-order chi connectivity index (χ1) is 10.4. The van der Waals surface area contributed by atoms with Crippen LogP contribution in [-0.2, 0) is 10.0 Å². The minimum Gasteiger partial charge on any atom is -0.360 e. The van der Waals surface area contributed by atoms with Crippen LogP contribution in [0.25, 0.3) is 0 Å². The van der Waals surface area contributed by atoms with E-state index in [1.807, 2.05) is 0 Å². The molecule has 8 heteroatoms. The van der Waals surface area contributed by atoms with Crippen LogP contribution >= 0.6 is 0 Å². The van der Waals surface area contributed by atoms with Gasteiger partial charge in [-0.2, -0.15) is 0 Å². The molecule has 0 unspecified atom stereocenters. The highest BCUT2D eigenvalue weighted by Gasteiger charge is 2.51. The molecular weight excluding hydrogens is 306 g/mol. The van der Waals surface area contributed by atoms with E-state index in [0.29, 0.717) is 37.8 Å². The maximum Gasteiger partial charge on any atom is 0.276 e. The summed E-state index contributed by atoms with van der Waals surface area (Å²) in [5, 5.41) is 3.88. The van der Waals surface area contributed by atoms with Crippen LogP contribution in [0.5, 0.6) is 0 Å². The highest BCUT2D eigenvalue weighted by atomic mass is 32.2. The molecule has 2 saturated heterocycles. The van der Waals surface area contributed by atoms with E-state index in [0.717, 1.165) is 25.0 Å². The molecule has 3 aliphatic rings. The second-order valence-electron chi connectivity index (χ2n) is 6.90. The number of sulfonamides is 1. The van der Waals surface area contributed by atoms with Gasteiger partial charge < -0.3 is 9.42 Å². The van der Waals surface area contributed by atoms with Crippen molar-refractivity contribution in [2.24, 2.45) is 5.41 Å². The first kappa shape index (κ1) is 14.2. The molecule has 3 heterocycles. The predicted octanol–water partition coefficient (Wildman–Crippen LogP) is 0.659. The predicted molar refractivity (Wildman–Crippen MR) is 77.8 cm³/mol. The SMILES string of the molecule is CS(=O)(=O)N1CCC2(CN(C(=O)c3cc(C4CC4)on3)C2)C1. The molecule has 120 valence electrons. The van der Waals surface area contributed by atoms with Crippen LogP contribution in [0.15, 0.2) is 10.6 Å². The van der Waals surface area contributed by atoms with Gasteiger partial charge in [-0.1, -0.05) is 5.16 Å². The first-order valence-corrected chi connectivity index (χ1v) is 9.42. The van der Waals surface area contributed by atoms with Crippen molar-refractivity contribution in [3.63, 3.8) is 0 Å². The Hall–Kier alpha value is -1.41. The summed E-state index contributed by atoms with van der Waals surface area (Å²) >= 11 is 0. The fraction of sp³-hybridized carbons (Fsp3) is 0.714. The minimum atomic E-state index is -3.14. The molecule has 1 saturated carbocycles. The fourth-order valence-corrected chi connectivity index (χ4v) is 4.39. The number of carbonyl (C=O) groups is 1. The van der Waals surface area contributed by atoms with Crippen LogP contribution in [0.4, 0.5) is 0 Å². The van der Waals surface area contributed by atoms with E-state index in [1.54, 1.807) is 11.0 Å². The maximum absolute atomic E-state index is 12.4. The molecule has 1 aliphatic carbocycles. The lowest BCUT2D eigenvalue weighted by molar-refractivity contribution is 0.0128. The van der Waals surface area contributed by atoms with Gasteiger partial charge in [0.2, 0.25) is 10.0 Å². The number of likely N-dealkylation sites (tertiary alicyclic amines) is 1. The van der Waals surface area contributed by atoms with E-state index in [4.69, 9.17) is 4.52 Å². The molecule has 0 aromatic carbocycles. The number of nitrogens with zero attached hydrogens (tertiary/aromatic N) is 3. The van der Waals surface area contributed by atoms with Crippen molar-refractivity contribution in [1.82, 2.24) is 14.4 Å². The minimum absolute atomic E-state index is 0.0677.